The van der Waals surface area contributed by atoms with Crippen molar-refractivity contribution in [2.75, 3.05) is 56.0 Å². The molecule has 3 rings (SSSR count). The van der Waals surface area contributed by atoms with E-state index in [2.05, 4.69) is 25.5 Å². The van der Waals surface area contributed by atoms with Crippen molar-refractivity contribution in [3.8, 4) is 5.75 Å². The molecule has 0 saturated carbocycles. The molecule has 11 heteroatoms. The van der Waals surface area contributed by atoms with Gasteiger partial charge < -0.3 is 25.0 Å². The first-order valence-corrected chi connectivity index (χ1v) is 8.80. The Hall–Kier alpha value is -2.46. The summed E-state index contributed by atoms with van der Waals surface area (Å²) in [4.78, 5) is 9.73. The molecule has 1 aliphatic rings. The molecule has 1 aromatic carbocycles. The number of rotatable bonds is 5. The second kappa shape index (κ2) is 8.27. The summed E-state index contributed by atoms with van der Waals surface area (Å²) >= 11 is 6.42. The van der Waals surface area contributed by atoms with E-state index in [0.717, 1.165) is 11.9 Å². The van der Waals surface area contributed by atoms with Gasteiger partial charge in [0.25, 0.3) is 0 Å². The molecule has 0 unspecified atom stereocenters. The topological polar surface area (TPSA) is 71.5 Å². The lowest BCUT2D eigenvalue weighted by Gasteiger charge is -2.30. The number of morpholine rings is 1. The molecular formula is C17H19ClF3N5O2. The van der Waals surface area contributed by atoms with E-state index in [1.54, 1.807) is 12.1 Å². The lowest BCUT2D eigenvalue weighted by Crippen LogP contribution is -2.36. The van der Waals surface area contributed by atoms with Crippen LogP contribution in [-0.4, -0.2) is 50.4 Å². The number of hydrogen-bond donors (Lipinski definition) is 2. The minimum Gasteiger partial charge on any atom is -0.494 e. The van der Waals surface area contributed by atoms with Crippen LogP contribution in [0.25, 0.3) is 0 Å². The number of ether oxygens (including phenoxy) is 2. The molecule has 2 heterocycles. The number of methoxy groups -OCH3 is 1. The van der Waals surface area contributed by atoms with Gasteiger partial charge in [0.2, 0.25) is 5.95 Å². The zero-order valence-corrected chi connectivity index (χ0v) is 16.0. The molecule has 1 fully saturated rings. The van der Waals surface area contributed by atoms with Gasteiger partial charge in [-0.05, 0) is 6.07 Å². The fourth-order valence-corrected chi connectivity index (χ4v) is 3.10. The maximum Gasteiger partial charge on any atom is 0.421 e. The highest BCUT2D eigenvalue weighted by Crippen LogP contribution is 2.39. The van der Waals surface area contributed by atoms with Crippen LogP contribution in [0.2, 0.25) is 5.02 Å². The van der Waals surface area contributed by atoms with Gasteiger partial charge in [0.15, 0.2) is 0 Å². The molecule has 1 saturated heterocycles. The molecule has 1 aliphatic heterocycles. The third kappa shape index (κ3) is 4.33. The highest BCUT2D eigenvalue weighted by atomic mass is 35.5. The molecule has 0 aliphatic carbocycles. The van der Waals surface area contributed by atoms with Crippen LogP contribution in [0.4, 0.5) is 36.3 Å². The van der Waals surface area contributed by atoms with Gasteiger partial charge in [-0.15, -0.1) is 0 Å². The number of nitrogens with one attached hydrogen (secondary N) is 2. The molecule has 1 aromatic heterocycles. The molecule has 2 aromatic rings. The number of hydrogen-bond acceptors (Lipinski definition) is 7. The van der Waals surface area contributed by atoms with Crippen LogP contribution in [0.5, 0.6) is 5.75 Å². The van der Waals surface area contributed by atoms with E-state index in [-0.39, 0.29) is 11.8 Å². The lowest BCUT2D eigenvalue weighted by molar-refractivity contribution is -0.137. The number of anilines is 4. The van der Waals surface area contributed by atoms with Crippen molar-refractivity contribution >= 4 is 34.7 Å². The van der Waals surface area contributed by atoms with Gasteiger partial charge in [0.1, 0.15) is 17.1 Å². The maximum atomic E-state index is 13.0. The Morgan fingerprint density at radius 2 is 1.96 bits per heavy atom. The van der Waals surface area contributed by atoms with Crippen molar-refractivity contribution in [3.05, 3.63) is 28.9 Å². The molecule has 2 N–H and O–H groups in total. The summed E-state index contributed by atoms with van der Waals surface area (Å²) in [6, 6.07) is 3.39. The van der Waals surface area contributed by atoms with Crippen LogP contribution in [0.1, 0.15) is 5.56 Å². The van der Waals surface area contributed by atoms with Gasteiger partial charge in [-0.25, -0.2) is 4.98 Å². The Morgan fingerprint density at radius 1 is 1.25 bits per heavy atom. The molecule has 0 atom stereocenters. The SMILES string of the molecule is CNc1nc(Nc2cc(Cl)c(N3CCOCC3)cc2OC)ncc1C(F)(F)F. The van der Waals surface area contributed by atoms with E-state index in [9.17, 15) is 13.2 Å². The monoisotopic (exact) mass is 417 g/mol. The summed E-state index contributed by atoms with van der Waals surface area (Å²) in [5.74, 6) is 0.103. The number of benzene rings is 1. The smallest absolute Gasteiger partial charge is 0.421 e. The van der Waals surface area contributed by atoms with Crippen molar-refractivity contribution in [2.45, 2.75) is 6.18 Å². The van der Waals surface area contributed by atoms with Crippen LogP contribution in [-0.2, 0) is 10.9 Å². The second-order valence-electron chi connectivity index (χ2n) is 5.93. The predicted molar refractivity (Wildman–Crippen MR) is 101 cm³/mol. The second-order valence-corrected chi connectivity index (χ2v) is 6.34. The summed E-state index contributed by atoms with van der Waals surface area (Å²) in [7, 11) is 2.85. The summed E-state index contributed by atoms with van der Waals surface area (Å²) in [6.07, 6.45) is -3.84. The van der Waals surface area contributed by atoms with Crippen molar-refractivity contribution in [2.24, 2.45) is 0 Å². The van der Waals surface area contributed by atoms with Crippen molar-refractivity contribution in [3.63, 3.8) is 0 Å². The van der Waals surface area contributed by atoms with Crippen molar-refractivity contribution in [1.29, 1.82) is 0 Å². The Balaban J connectivity index is 1.90. The first-order valence-electron chi connectivity index (χ1n) is 8.42. The van der Waals surface area contributed by atoms with Gasteiger partial charge in [0.05, 0.1) is 36.7 Å². The van der Waals surface area contributed by atoms with Crippen LogP contribution in [0.15, 0.2) is 18.3 Å². The summed E-state index contributed by atoms with van der Waals surface area (Å²) in [5.41, 5.74) is 0.274. The highest BCUT2D eigenvalue weighted by molar-refractivity contribution is 6.33. The molecule has 28 heavy (non-hydrogen) atoms. The van der Waals surface area contributed by atoms with Crippen LogP contribution >= 0.6 is 11.6 Å². The Labute approximate surface area is 164 Å². The number of halogens is 4. The van der Waals surface area contributed by atoms with Gasteiger partial charge >= 0.3 is 6.18 Å². The average molecular weight is 418 g/mol. The lowest BCUT2D eigenvalue weighted by atomic mass is 10.2. The minimum absolute atomic E-state index is 0.0224. The molecule has 0 spiro atoms. The van der Waals surface area contributed by atoms with Gasteiger partial charge in [0, 0.05) is 32.4 Å². The number of aromatic nitrogens is 2. The first kappa shape index (κ1) is 20.3. The highest BCUT2D eigenvalue weighted by Gasteiger charge is 2.35. The number of alkyl halides is 3. The zero-order valence-electron chi connectivity index (χ0n) is 15.2. The minimum atomic E-state index is -4.56. The van der Waals surface area contributed by atoms with Crippen LogP contribution in [0, 0.1) is 0 Å². The van der Waals surface area contributed by atoms with E-state index >= 15 is 0 Å². The maximum absolute atomic E-state index is 13.0. The molecule has 0 radical (unpaired) electrons. The van der Waals surface area contributed by atoms with Crippen molar-refractivity contribution < 1.29 is 22.6 Å². The Bertz CT molecular complexity index is 844. The molecular weight excluding hydrogens is 399 g/mol. The largest absolute Gasteiger partial charge is 0.494 e. The van der Waals surface area contributed by atoms with Gasteiger partial charge in [-0.3, -0.25) is 0 Å². The fraction of sp³-hybridized carbons (Fsp3) is 0.412. The van der Waals surface area contributed by atoms with E-state index < -0.39 is 11.7 Å². The average Bonchev–Trinajstić information content (AvgIpc) is 2.68. The van der Waals surface area contributed by atoms with Gasteiger partial charge in [-0.2, -0.15) is 18.2 Å². The summed E-state index contributed by atoms with van der Waals surface area (Å²) in [6.45, 7) is 2.60. The van der Waals surface area contributed by atoms with E-state index in [4.69, 9.17) is 21.1 Å². The van der Waals surface area contributed by atoms with E-state index in [0.29, 0.717) is 42.8 Å². The molecule has 0 bridgehead atoms. The Morgan fingerprint density at radius 3 is 2.57 bits per heavy atom. The molecule has 0 amide bonds. The molecule has 7 nitrogen and oxygen atoms in total. The Kier molecular flexibility index (Phi) is 5.99. The zero-order chi connectivity index (χ0) is 20.3. The molecule has 152 valence electrons. The summed E-state index contributed by atoms with van der Waals surface area (Å²) in [5, 5.41) is 5.76. The predicted octanol–water partition coefficient (Wildman–Crippen LogP) is 3.78. The van der Waals surface area contributed by atoms with Gasteiger partial charge in [-0.1, -0.05) is 11.6 Å². The van der Waals surface area contributed by atoms with Crippen LogP contribution in [0.3, 0.4) is 0 Å². The fourth-order valence-electron chi connectivity index (χ4n) is 2.82. The van der Waals surface area contributed by atoms with E-state index in [1.807, 2.05) is 0 Å². The van der Waals surface area contributed by atoms with E-state index in [1.165, 1.54) is 14.2 Å². The summed E-state index contributed by atoms with van der Waals surface area (Å²) < 4.78 is 49.7. The third-order valence-corrected chi connectivity index (χ3v) is 4.50. The first-order chi connectivity index (χ1) is 13.3. The quantitative estimate of drug-likeness (QED) is 0.767. The number of nitrogens with zero attached hydrogens (tertiary/aromatic N) is 3. The third-order valence-electron chi connectivity index (χ3n) is 4.20. The van der Waals surface area contributed by atoms with Crippen LogP contribution < -0.4 is 20.3 Å². The standard InChI is InChI=1S/C17H19ClF3N5O2/c1-22-15-10(17(19,20)21)9-23-16(25-15)24-12-7-11(18)13(8-14(12)27-2)26-3-5-28-6-4-26/h7-9H,3-6H2,1-2H3,(H2,22,23,24,25). The normalized spacial score (nSPS) is 14.7. The van der Waals surface area contributed by atoms with Crippen molar-refractivity contribution in [1.82, 2.24) is 9.97 Å².